The van der Waals surface area contributed by atoms with Gasteiger partial charge in [-0.05, 0) is 30.4 Å². The number of fused-ring (bicyclic) bond motifs is 1. The molecule has 9 heteroatoms. The van der Waals surface area contributed by atoms with Gasteiger partial charge in [-0.2, -0.15) is 11.8 Å². The first-order chi connectivity index (χ1) is 13.8. The van der Waals surface area contributed by atoms with E-state index >= 15 is 0 Å². The number of thiazole rings is 1. The first-order valence-electron chi connectivity index (χ1n) is 8.93. The molecule has 0 fully saturated rings. The number of ether oxygens (including phenoxy) is 1. The molecule has 29 heavy (non-hydrogen) atoms. The second kappa shape index (κ2) is 9.49. The largest absolute Gasteiger partial charge is 0.573 e. The van der Waals surface area contributed by atoms with Crippen LogP contribution in [-0.4, -0.2) is 28.2 Å². The molecule has 1 heterocycles. The van der Waals surface area contributed by atoms with Crippen LogP contribution in [0.5, 0.6) is 5.75 Å². The van der Waals surface area contributed by atoms with E-state index in [4.69, 9.17) is 5.41 Å². The Morgan fingerprint density at radius 3 is 2.62 bits per heavy atom. The van der Waals surface area contributed by atoms with Crippen LogP contribution in [0.1, 0.15) is 23.2 Å². The first-order valence-corrected chi connectivity index (χ1v) is 10.9. The Morgan fingerprint density at radius 2 is 1.90 bits per heavy atom. The van der Waals surface area contributed by atoms with E-state index in [1.165, 1.54) is 12.1 Å². The second-order valence-electron chi connectivity index (χ2n) is 6.24. The van der Waals surface area contributed by atoms with Gasteiger partial charge in [0, 0.05) is 24.3 Å². The molecule has 0 bridgehead atoms. The summed E-state index contributed by atoms with van der Waals surface area (Å²) in [5.41, 5.74) is 1.44. The van der Waals surface area contributed by atoms with Gasteiger partial charge in [0.05, 0.1) is 10.2 Å². The van der Waals surface area contributed by atoms with Gasteiger partial charge in [-0.1, -0.05) is 41.7 Å². The summed E-state index contributed by atoms with van der Waals surface area (Å²) in [6.45, 7) is 0.579. The molecule has 1 N–H and O–H groups in total. The van der Waals surface area contributed by atoms with Gasteiger partial charge in [-0.25, -0.2) is 0 Å². The molecule has 0 atom stereocenters. The average molecular weight is 441 g/mol. The fourth-order valence-corrected chi connectivity index (χ4v) is 4.68. The number of ketones is 1. The maximum Gasteiger partial charge on any atom is 0.573 e. The third kappa shape index (κ3) is 6.11. The summed E-state index contributed by atoms with van der Waals surface area (Å²) < 4.78 is 43.4. The lowest BCUT2D eigenvalue weighted by Crippen LogP contribution is -2.17. The van der Waals surface area contributed by atoms with E-state index in [1.54, 1.807) is 22.4 Å². The van der Waals surface area contributed by atoms with Crippen molar-refractivity contribution in [2.24, 2.45) is 0 Å². The third-order valence-electron chi connectivity index (χ3n) is 4.15. The smallest absolute Gasteiger partial charge is 0.406 e. The van der Waals surface area contributed by atoms with Gasteiger partial charge in [-0.15, -0.1) is 13.2 Å². The average Bonchev–Trinajstić information content (AvgIpc) is 2.98. The molecule has 0 aliphatic rings. The van der Waals surface area contributed by atoms with Crippen LogP contribution in [-0.2, 0) is 6.54 Å². The monoisotopic (exact) mass is 440 g/mol. The molecule has 0 aliphatic carbocycles. The van der Waals surface area contributed by atoms with Gasteiger partial charge in [0.1, 0.15) is 5.75 Å². The Labute approximate surface area is 173 Å². The highest BCUT2D eigenvalue weighted by Crippen LogP contribution is 2.28. The van der Waals surface area contributed by atoms with Crippen molar-refractivity contribution in [1.29, 1.82) is 5.41 Å². The summed E-state index contributed by atoms with van der Waals surface area (Å²) in [6.07, 6.45) is -3.46. The van der Waals surface area contributed by atoms with Crippen LogP contribution in [0.25, 0.3) is 10.2 Å². The van der Waals surface area contributed by atoms with Crippen LogP contribution in [0.2, 0.25) is 0 Å². The summed E-state index contributed by atoms with van der Waals surface area (Å²) in [6, 6.07) is 13.3. The van der Waals surface area contributed by atoms with Gasteiger partial charge in [-0.3, -0.25) is 10.2 Å². The summed E-state index contributed by atoms with van der Waals surface area (Å²) in [7, 11) is 0. The van der Waals surface area contributed by atoms with Crippen LogP contribution < -0.4 is 9.54 Å². The Balaban J connectivity index is 1.49. The number of aromatic nitrogens is 1. The number of hydrogen-bond donors (Lipinski definition) is 1. The van der Waals surface area contributed by atoms with Gasteiger partial charge >= 0.3 is 6.36 Å². The number of thioether (sulfide) groups is 1. The number of nitrogens with one attached hydrogen (secondary N) is 1. The zero-order chi connectivity index (χ0) is 20.9. The fraction of sp³-hybridized carbons (Fsp3) is 0.300. The summed E-state index contributed by atoms with van der Waals surface area (Å²) in [5.74, 6) is 1.44. The molecule has 0 aliphatic heterocycles. The lowest BCUT2D eigenvalue weighted by atomic mass is 10.1. The van der Waals surface area contributed by atoms with Crippen LogP contribution in [0.3, 0.4) is 0 Å². The number of Topliss-reactive ketones (excluding diaryl/α,β-unsaturated/α-hetero) is 1. The molecule has 0 radical (unpaired) electrons. The van der Waals surface area contributed by atoms with E-state index in [0.717, 1.165) is 40.3 Å². The van der Waals surface area contributed by atoms with Gasteiger partial charge in [0.25, 0.3) is 0 Å². The highest BCUT2D eigenvalue weighted by atomic mass is 32.2. The first kappa shape index (κ1) is 21.4. The third-order valence-corrected chi connectivity index (χ3v) is 6.16. The number of carbonyl (C=O) groups is 1. The number of halogens is 3. The molecule has 0 saturated heterocycles. The van der Waals surface area contributed by atoms with Crippen LogP contribution >= 0.6 is 23.1 Å². The number of hydrogen-bond acceptors (Lipinski definition) is 5. The minimum atomic E-state index is -4.73. The SMILES string of the molecule is N=c1sc2cc(OC(F)(F)F)ccc2n1CCSCCCC(=O)c1ccccc1. The summed E-state index contributed by atoms with van der Waals surface area (Å²) in [5, 5.41) is 8.08. The van der Waals surface area contributed by atoms with E-state index in [-0.39, 0.29) is 16.3 Å². The van der Waals surface area contributed by atoms with E-state index in [1.807, 2.05) is 30.3 Å². The molecule has 3 rings (SSSR count). The number of alkyl halides is 3. The van der Waals surface area contributed by atoms with E-state index in [2.05, 4.69) is 4.74 Å². The maximum absolute atomic E-state index is 12.4. The van der Waals surface area contributed by atoms with Crippen LogP contribution in [0, 0.1) is 5.41 Å². The van der Waals surface area contributed by atoms with Crippen molar-refractivity contribution in [2.45, 2.75) is 25.7 Å². The number of benzene rings is 2. The van der Waals surface area contributed by atoms with E-state index in [9.17, 15) is 18.0 Å². The Morgan fingerprint density at radius 1 is 1.14 bits per heavy atom. The predicted molar refractivity (Wildman–Crippen MR) is 110 cm³/mol. The van der Waals surface area contributed by atoms with E-state index < -0.39 is 6.36 Å². The van der Waals surface area contributed by atoms with Crippen LogP contribution in [0.15, 0.2) is 48.5 Å². The highest BCUT2D eigenvalue weighted by Gasteiger charge is 2.31. The number of rotatable bonds is 9. The lowest BCUT2D eigenvalue weighted by molar-refractivity contribution is -0.274. The minimum absolute atomic E-state index is 0.134. The van der Waals surface area contributed by atoms with Crippen molar-refractivity contribution in [3.05, 3.63) is 58.9 Å². The predicted octanol–water partition coefficient (Wildman–Crippen LogP) is 5.48. The quantitative estimate of drug-likeness (QED) is 0.354. The number of aryl methyl sites for hydroxylation is 1. The normalized spacial score (nSPS) is 11.7. The molecule has 0 spiro atoms. The standard InChI is InChI=1S/C20H19F3N2O2S2/c21-20(22,23)27-15-8-9-16-18(13-15)29-19(24)25(16)10-12-28-11-4-7-17(26)14-5-2-1-3-6-14/h1-3,5-6,8-9,13,24H,4,7,10-12H2. The second-order valence-corrected chi connectivity index (χ2v) is 8.50. The molecule has 1 aromatic heterocycles. The van der Waals surface area contributed by atoms with Crippen molar-refractivity contribution in [1.82, 2.24) is 4.57 Å². The van der Waals surface area contributed by atoms with Gasteiger partial charge in [0.15, 0.2) is 10.6 Å². The van der Waals surface area contributed by atoms with Crippen LogP contribution in [0.4, 0.5) is 13.2 Å². The van der Waals surface area contributed by atoms with Crippen molar-refractivity contribution < 1.29 is 22.7 Å². The molecule has 2 aromatic carbocycles. The molecule has 0 saturated carbocycles. The molecule has 0 amide bonds. The molecule has 3 aromatic rings. The minimum Gasteiger partial charge on any atom is -0.406 e. The molecular formula is C20H19F3N2O2S2. The Bertz CT molecular complexity index is 1030. The zero-order valence-electron chi connectivity index (χ0n) is 15.4. The topological polar surface area (TPSA) is 55.1 Å². The van der Waals surface area contributed by atoms with Crippen molar-refractivity contribution in [2.75, 3.05) is 11.5 Å². The molecule has 154 valence electrons. The summed E-state index contributed by atoms with van der Waals surface area (Å²) >= 11 is 2.81. The highest BCUT2D eigenvalue weighted by molar-refractivity contribution is 7.99. The van der Waals surface area contributed by atoms with E-state index in [0.29, 0.717) is 17.7 Å². The molecule has 4 nitrogen and oxygen atoms in total. The van der Waals surface area contributed by atoms with Crippen molar-refractivity contribution in [3.63, 3.8) is 0 Å². The lowest BCUT2D eigenvalue weighted by Gasteiger charge is -2.09. The number of nitrogens with zero attached hydrogens (tertiary/aromatic N) is 1. The van der Waals surface area contributed by atoms with Crippen molar-refractivity contribution >= 4 is 39.1 Å². The Kier molecular flexibility index (Phi) is 7.02. The fourth-order valence-electron chi connectivity index (χ4n) is 2.85. The molecular weight excluding hydrogens is 421 g/mol. The van der Waals surface area contributed by atoms with Crippen molar-refractivity contribution in [3.8, 4) is 5.75 Å². The van der Waals surface area contributed by atoms with Gasteiger partial charge in [0.2, 0.25) is 0 Å². The van der Waals surface area contributed by atoms with Gasteiger partial charge < -0.3 is 9.30 Å². The maximum atomic E-state index is 12.4. The zero-order valence-corrected chi connectivity index (χ0v) is 17.0. The Hall–Kier alpha value is -2.26. The summed E-state index contributed by atoms with van der Waals surface area (Å²) in [4.78, 5) is 12.3. The number of carbonyl (C=O) groups excluding carboxylic acids is 1. The molecule has 0 unspecified atom stereocenters.